The number of rotatable bonds is 3. The molecule has 2 aromatic carbocycles. The molecule has 0 spiro atoms. The summed E-state index contributed by atoms with van der Waals surface area (Å²) in [6.07, 6.45) is 0. The molecule has 21 heavy (non-hydrogen) atoms. The Hall–Kier alpha value is -2.83. The van der Waals surface area contributed by atoms with Crippen LogP contribution in [0, 0.1) is 15.9 Å². The molecule has 1 unspecified atom stereocenters. The molecule has 1 aliphatic heterocycles. The number of phenolic OH excluding ortho intramolecular Hbond substituents is 1. The maximum atomic E-state index is 13.9. The van der Waals surface area contributed by atoms with Gasteiger partial charge in [-0.25, -0.2) is 4.39 Å². The van der Waals surface area contributed by atoms with E-state index >= 15 is 0 Å². The average molecular weight is 290 g/mol. The summed E-state index contributed by atoms with van der Waals surface area (Å²) in [5, 5.41) is 22.9. The SMILES string of the molecule is O=[N+]([O-])c1ccc(NC2COc3cc(O)ccc32)c(F)c1. The van der Waals surface area contributed by atoms with Gasteiger partial charge in [-0.3, -0.25) is 10.1 Å². The summed E-state index contributed by atoms with van der Waals surface area (Å²) >= 11 is 0. The zero-order valence-corrected chi connectivity index (χ0v) is 10.7. The van der Waals surface area contributed by atoms with Gasteiger partial charge in [0.2, 0.25) is 0 Å². The van der Waals surface area contributed by atoms with Gasteiger partial charge in [-0.15, -0.1) is 0 Å². The van der Waals surface area contributed by atoms with Crippen molar-refractivity contribution in [3.8, 4) is 11.5 Å². The lowest BCUT2D eigenvalue weighted by Crippen LogP contribution is -2.13. The molecule has 2 aromatic rings. The van der Waals surface area contributed by atoms with Crippen LogP contribution < -0.4 is 10.1 Å². The molecular weight excluding hydrogens is 279 g/mol. The number of hydrogen-bond donors (Lipinski definition) is 2. The Labute approximate surface area is 118 Å². The van der Waals surface area contributed by atoms with Gasteiger partial charge in [-0.2, -0.15) is 0 Å². The van der Waals surface area contributed by atoms with Crippen LogP contribution >= 0.6 is 0 Å². The number of ether oxygens (including phenoxy) is 1. The number of nitrogens with zero attached hydrogens (tertiary/aromatic N) is 1. The molecule has 108 valence electrons. The molecule has 3 rings (SSSR count). The van der Waals surface area contributed by atoms with Crippen LogP contribution in [0.15, 0.2) is 36.4 Å². The fourth-order valence-corrected chi connectivity index (χ4v) is 2.24. The van der Waals surface area contributed by atoms with E-state index in [1.165, 1.54) is 24.3 Å². The first-order valence-electron chi connectivity index (χ1n) is 6.21. The third-order valence-corrected chi connectivity index (χ3v) is 3.27. The second-order valence-electron chi connectivity index (χ2n) is 4.65. The summed E-state index contributed by atoms with van der Waals surface area (Å²) < 4.78 is 19.3. The van der Waals surface area contributed by atoms with Crippen molar-refractivity contribution in [3.05, 3.63) is 57.9 Å². The van der Waals surface area contributed by atoms with Crippen LogP contribution in [0.3, 0.4) is 0 Å². The first-order valence-corrected chi connectivity index (χ1v) is 6.21. The second-order valence-corrected chi connectivity index (χ2v) is 4.65. The quantitative estimate of drug-likeness (QED) is 0.670. The average Bonchev–Trinajstić information content (AvgIpc) is 2.83. The van der Waals surface area contributed by atoms with Crippen molar-refractivity contribution in [1.82, 2.24) is 0 Å². The van der Waals surface area contributed by atoms with Crippen LogP contribution in [-0.4, -0.2) is 16.6 Å². The van der Waals surface area contributed by atoms with E-state index in [-0.39, 0.29) is 29.8 Å². The lowest BCUT2D eigenvalue weighted by Gasteiger charge is -2.13. The van der Waals surface area contributed by atoms with Crippen molar-refractivity contribution in [1.29, 1.82) is 0 Å². The second kappa shape index (κ2) is 4.93. The first-order chi connectivity index (χ1) is 10.0. The van der Waals surface area contributed by atoms with Gasteiger partial charge in [-0.1, -0.05) is 0 Å². The molecule has 0 radical (unpaired) electrons. The molecule has 0 aromatic heterocycles. The molecular formula is C14H11FN2O4. The van der Waals surface area contributed by atoms with Crippen molar-refractivity contribution >= 4 is 11.4 Å². The Balaban J connectivity index is 1.84. The molecule has 0 amide bonds. The van der Waals surface area contributed by atoms with E-state index in [0.717, 1.165) is 11.6 Å². The zero-order valence-electron chi connectivity index (χ0n) is 10.7. The number of phenols is 1. The number of nitrogens with one attached hydrogen (secondary N) is 1. The van der Waals surface area contributed by atoms with Gasteiger partial charge in [0.1, 0.15) is 18.1 Å². The van der Waals surface area contributed by atoms with Crippen molar-refractivity contribution in [2.24, 2.45) is 0 Å². The molecule has 2 N–H and O–H groups in total. The van der Waals surface area contributed by atoms with E-state index in [0.29, 0.717) is 5.75 Å². The van der Waals surface area contributed by atoms with E-state index in [4.69, 9.17) is 4.74 Å². The third-order valence-electron chi connectivity index (χ3n) is 3.27. The van der Waals surface area contributed by atoms with Crippen LogP contribution in [0.5, 0.6) is 11.5 Å². The fourth-order valence-electron chi connectivity index (χ4n) is 2.24. The Bertz CT molecular complexity index is 720. The Kier molecular flexibility index (Phi) is 3.09. The lowest BCUT2D eigenvalue weighted by atomic mass is 10.1. The molecule has 0 aliphatic carbocycles. The van der Waals surface area contributed by atoms with Gasteiger partial charge in [0.15, 0.2) is 5.82 Å². The lowest BCUT2D eigenvalue weighted by molar-refractivity contribution is -0.385. The summed E-state index contributed by atoms with van der Waals surface area (Å²) in [6, 6.07) is 7.85. The number of non-ortho nitro benzene ring substituents is 1. The molecule has 1 aliphatic rings. The summed E-state index contributed by atoms with van der Waals surface area (Å²) in [4.78, 5) is 9.93. The molecule has 0 saturated heterocycles. The minimum atomic E-state index is -0.698. The number of aromatic hydroxyl groups is 1. The van der Waals surface area contributed by atoms with Gasteiger partial charge in [-0.05, 0) is 18.2 Å². The predicted molar refractivity (Wildman–Crippen MR) is 73.0 cm³/mol. The van der Waals surface area contributed by atoms with Crippen molar-refractivity contribution in [2.45, 2.75) is 6.04 Å². The van der Waals surface area contributed by atoms with E-state index in [1.54, 1.807) is 6.07 Å². The topological polar surface area (TPSA) is 84.6 Å². The fraction of sp³-hybridized carbons (Fsp3) is 0.143. The smallest absolute Gasteiger partial charge is 0.272 e. The van der Waals surface area contributed by atoms with Crippen molar-refractivity contribution in [3.63, 3.8) is 0 Å². The number of nitro benzene ring substituents is 1. The van der Waals surface area contributed by atoms with E-state index in [2.05, 4.69) is 5.32 Å². The molecule has 0 saturated carbocycles. The molecule has 7 heteroatoms. The minimum absolute atomic E-state index is 0.0934. The van der Waals surface area contributed by atoms with Crippen LogP contribution in [0.1, 0.15) is 11.6 Å². The Morgan fingerprint density at radius 3 is 2.86 bits per heavy atom. The molecule has 0 fully saturated rings. The van der Waals surface area contributed by atoms with Crippen LogP contribution in [0.25, 0.3) is 0 Å². The number of fused-ring (bicyclic) bond motifs is 1. The maximum absolute atomic E-state index is 13.9. The molecule has 6 nitrogen and oxygen atoms in total. The molecule has 1 heterocycles. The normalized spacial score (nSPS) is 16.1. The zero-order chi connectivity index (χ0) is 15.0. The number of benzene rings is 2. The van der Waals surface area contributed by atoms with E-state index in [1.807, 2.05) is 0 Å². The summed E-state index contributed by atoms with van der Waals surface area (Å²) in [5.41, 5.74) is 0.659. The van der Waals surface area contributed by atoms with Gasteiger partial charge in [0.25, 0.3) is 5.69 Å². The highest BCUT2D eigenvalue weighted by Gasteiger charge is 2.25. The number of halogens is 1. The largest absolute Gasteiger partial charge is 0.508 e. The highest BCUT2D eigenvalue weighted by molar-refractivity contribution is 5.54. The third kappa shape index (κ3) is 2.45. The van der Waals surface area contributed by atoms with Gasteiger partial charge < -0.3 is 15.2 Å². The summed E-state index contributed by atoms with van der Waals surface area (Å²) in [7, 11) is 0. The van der Waals surface area contributed by atoms with Crippen molar-refractivity contribution in [2.75, 3.05) is 11.9 Å². The standard InChI is InChI=1S/C14H11FN2O4/c15-11-5-8(17(19)20)1-4-12(11)16-13-7-21-14-6-9(18)2-3-10(13)14/h1-6,13,16,18H,7H2. The summed E-state index contributed by atoms with van der Waals surface area (Å²) in [6.45, 7) is 0.287. The van der Waals surface area contributed by atoms with E-state index in [9.17, 15) is 19.6 Å². The maximum Gasteiger partial charge on any atom is 0.272 e. The van der Waals surface area contributed by atoms with Crippen LogP contribution in [0.2, 0.25) is 0 Å². The first kappa shape index (κ1) is 13.2. The van der Waals surface area contributed by atoms with Gasteiger partial charge >= 0.3 is 0 Å². The molecule has 0 bridgehead atoms. The monoisotopic (exact) mass is 290 g/mol. The van der Waals surface area contributed by atoms with Crippen molar-refractivity contribution < 1.29 is 19.2 Å². The van der Waals surface area contributed by atoms with E-state index < -0.39 is 10.7 Å². The van der Waals surface area contributed by atoms with Gasteiger partial charge in [0, 0.05) is 17.7 Å². The van der Waals surface area contributed by atoms with Gasteiger partial charge in [0.05, 0.1) is 22.7 Å². The number of nitro groups is 1. The number of anilines is 1. The van der Waals surface area contributed by atoms with Crippen LogP contribution in [0.4, 0.5) is 15.8 Å². The highest BCUT2D eigenvalue weighted by Crippen LogP contribution is 2.37. The van der Waals surface area contributed by atoms with Crippen LogP contribution in [-0.2, 0) is 0 Å². The Morgan fingerprint density at radius 2 is 2.14 bits per heavy atom. The molecule has 1 atom stereocenters. The summed E-state index contributed by atoms with van der Waals surface area (Å²) in [5.74, 6) is -0.0674. The number of hydrogen-bond acceptors (Lipinski definition) is 5. The predicted octanol–water partition coefficient (Wildman–Crippen LogP) is 2.99. The highest BCUT2D eigenvalue weighted by atomic mass is 19.1. The minimum Gasteiger partial charge on any atom is -0.508 e. The Morgan fingerprint density at radius 1 is 1.33 bits per heavy atom.